The molecule has 0 saturated heterocycles. The lowest BCUT2D eigenvalue weighted by molar-refractivity contribution is -0.119. The molecule has 6 nitrogen and oxygen atoms in total. The molecule has 0 saturated carbocycles. The van der Waals surface area contributed by atoms with E-state index in [4.69, 9.17) is 4.42 Å². The molecule has 1 unspecified atom stereocenters. The average Bonchev–Trinajstić information content (AvgIpc) is 3.37. The first-order valence-electron chi connectivity index (χ1n) is 9.28. The van der Waals surface area contributed by atoms with Crippen molar-refractivity contribution >= 4 is 17.7 Å². The smallest absolute Gasteiger partial charge is 0.230 e. The molecule has 146 valence electrons. The normalized spacial score (nSPS) is 11.9. The molecule has 0 radical (unpaired) electrons. The molecule has 0 aliphatic carbocycles. The zero-order valence-corrected chi connectivity index (χ0v) is 16.7. The predicted molar refractivity (Wildman–Crippen MR) is 111 cm³/mol. The van der Waals surface area contributed by atoms with Gasteiger partial charge in [0.15, 0.2) is 10.9 Å². The maximum absolute atomic E-state index is 12.6. The molecule has 0 fully saturated rings. The van der Waals surface area contributed by atoms with Crippen LogP contribution in [-0.2, 0) is 11.3 Å². The van der Waals surface area contributed by atoms with Gasteiger partial charge in [-0.05, 0) is 24.1 Å². The highest BCUT2D eigenvalue weighted by molar-refractivity contribution is 7.99. The summed E-state index contributed by atoms with van der Waals surface area (Å²) in [5, 5.41) is 12.2. The molecule has 2 heterocycles. The third-order valence-corrected chi connectivity index (χ3v) is 5.18. The van der Waals surface area contributed by atoms with Crippen molar-refractivity contribution in [1.29, 1.82) is 0 Å². The molecule has 3 rings (SSSR count). The number of hydrogen-bond acceptors (Lipinski definition) is 5. The highest BCUT2D eigenvalue weighted by Gasteiger charge is 2.18. The minimum absolute atomic E-state index is 0.0176. The summed E-state index contributed by atoms with van der Waals surface area (Å²) < 4.78 is 7.32. The fourth-order valence-corrected chi connectivity index (χ4v) is 3.70. The number of nitrogens with zero attached hydrogens (tertiary/aromatic N) is 3. The number of hydrogen-bond donors (Lipinski definition) is 1. The Balaban J connectivity index is 1.66. The molecule has 1 N–H and O–H groups in total. The summed E-state index contributed by atoms with van der Waals surface area (Å²) in [6.45, 7) is 6.45. The van der Waals surface area contributed by atoms with Crippen molar-refractivity contribution in [2.45, 2.75) is 37.5 Å². The monoisotopic (exact) mass is 396 g/mol. The van der Waals surface area contributed by atoms with E-state index in [0.717, 1.165) is 18.4 Å². The summed E-state index contributed by atoms with van der Waals surface area (Å²) in [5.41, 5.74) is 1.12. The molecule has 0 spiro atoms. The molecular weight excluding hydrogens is 372 g/mol. The zero-order chi connectivity index (χ0) is 19.8. The van der Waals surface area contributed by atoms with Crippen LogP contribution in [0.4, 0.5) is 0 Å². The van der Waals surface area contributed by atoms with Crippen molar-refractivity contribution in [2.24, 2.45) is 0 Å². The zero-order valence-electron chi connectivity index (χ0n) is 15.9. The third kappa shape index (κ3) is 4.92. The summed E-state index contributed by atoms with van der Waals surface area (Å²) in [5.74, 6) is 1.50. The van der Waals surface area contributed by atoms with Gasteiger partial charge in [0.05, 0.1) is 18.1 Å². The van der Waals surface area contributed by atoms with E-state index in [1.807, 2.05) is 41.0 Å². The van der Waals surface area contributed by atoms with Crippen LogP contribution < -0.4 is 5.32 Å². The largest absolute Gasteiger partial charge is 0.461 e. The molecular formula is C21H24N4O2S. The lowest BCUT2D eigenvalue weighted by Crippen LogP contribution is -2.30. The lowest BCUT2D eigenvalue weighted by atomic mass is 10.0. The van der Waals surface area contributed by atoms with Crippen LogP contribution in [0.3, 0.4) is 0 Å². The number of nitrogens with one attached hydrogen (secondary N) is 1. The SMILES string of the molecule is C=CCn1c(SCC(=O)NC(CCC)c2ccccc2)nnc1-c1ccco1. The van der Waals surface area contributed by atoms with Gasteiger partial charge in [0, 0.05) is 6.54 Å². The van der Waals surface area contributed by atoms with Crippen LogP contribution in [-0.4, -0.2) is 26.4 Å². The highest BCUT2D eigenvalue weighted by Crippen LogP contribution is 2.25. The lowest BCUT2D eigenvalue weighted by Gasteiger charge is -2.18. The second kappa shape index (κ2) is 9.94. The van der Waals surface area contributed by atoms with Crippen molar-refractivity contribution < 1.29 is 9.21 Å². The van der Waals surface area contributed by atoms with Crippen molar-refractivity contribution in [3.63, 3.8) is 0 Å². The molecule has 1 atom stereocenters. The predicted octanol–water partition coefficient (Wildman–Crippen LogP) is 4.47. The molecule has 1 aromatic carbocycles. The van der Waals surface area contributed by atoms with Crippen LogP contribution in [0, 0.1) is 0 Å². The van der Waals surface area contributed by atoms with E-state index in [0.29, 0.717) is 23.3 Å². The first kappa shape index (κ1) is 19.9. The second-order valence-electron chi connectivity index (χ2n) is 6.29. The molecule has 1 amide bonds. The van der Waals surface area contributed by atoms with Crippen molar-refractivity contribution in [3.8, 4) is 11.6 Å². The quantitative estimate of drug-likeness (QED) is 0.404. The number of allylic oxidation sites excluding steroid dienone is 1. The molecule has 3 aromatic rings. The maximum Gasteiger partial charge on any atom is 0.230 e. The summed E-state index contributed by atoms with van der Waals surface area (Å²) >= 11 is 1.36. The van der Waals surface area contributed by atoms with E-state index in [1.165, 1.54) is 11.8 Å². The summed E-state index contributed by atoms with van der Waals surface area (Å²) in [4.78, 5) is 12.6. The van der Waals surface area contributed by atoms with Gasteiger partial charge in [0.1, 0.15) is 0 Å². The Bertz CT molecular complexity index is 891. The Kier molecular flexibility index (Phi) is 7.08. The average molecular weight is 397 g/mol. The Hall–Kier alpha value is -2.80. The van der Waals surface area contributed by atoms with Crippen LogP contribution in [0.25, 0.3) is 11.6 Å². The van der Waals surface area contributed by atoms with E-state index in [9.17, 15) is 4.79 Å². The van der Waals surface area contributed by atoms with E-state index >= 15 is 0 Å². The summed E-state index contributed by atoms with van der Waals surface area (Å²) in [7, 11) is 0. The van der Waals surface area contributed by atoms with Crippen LogP contribution in [0.5, 0.6) is 0 Å². The molecule has 0 aliphatic rings. The number of carbonyl (C=O) groups is 1. The van der Waals surface area contributed by atoms with Crippen molar-refractivity contribution in [3.05, 3.63) is 66.9 Å². The number of furan rings is 1. The minimum Gasteiger partial charge on any atom is -0.461 e. The van der Waals surface area contributed by atoms with Crippen LogP contribution in [0.15, 0.2) is 71.0 Å². The molecule has 0 aliphatic heterocycles. The van der Waals surface area contributed by atoms with Gasteiger partial charge in [0.25, 0.3) is 0 Å². The van der Waals surface area contributed by atoms with Gasteiger partial charge in [-0.1, -0.05) is 61.5 Å². The standard InChI is InChI=1S/C21H24N4O2S/c1-3-9-17(16-10-6-5-7-11-16)22-19(26)15-28-21-24-23-20(25(21)13-4-2)18-12-8-14-27-18/h4-8,10-12,14,17H,2-3,9,13,15H2,1H3,(H,22,26). The second-order valence-corrected chi connectivity index (χ2v) is 7.23. The Morgan fingerprint density at radius 1 is 1.29 bits per heavy atom. The van der Waals surface area contributed by atoms with Gasteiger partial charge >= 0.3 is 0 Å². The topological polar surface area (TPSA) is 73.0 Å². The van der Waals surface area contributed by atoms with Gasteiger partial charge in [0.2, 0.25) is 11.7 Å². The van der Waals surface area contributed by atoms with Crippen molar-refractivity contribution in [2.75, 3.05) is 5.75 Å². The van der Waals surface area contributed by atoms with Gasteiger partial charge in [-0.3, -0.25) is 9.36 Å². The van der Waals surface area contributed by atoms with E-state index in [2.05, 4.69) is 29.0 Å². The van der Waals surface area contributed by atoms with Crippen LogP contribution >= 0.6 is 11.8 Å². The van der Waals surface area contributed by atoms with Gasteiger partial charge in [-0.25, -0.2) is 0 Å². The Labute approximate surface area is 169 Å². The van der Waals surface area contributed by atoms with Crippen molar-refractivity contribution in [1.82, 2.24) is 20.1 Å². The summed E-state index contributed by atoms with van der Waals surface area (Å²) in [6, 6.07) is 13.7. The van der Waals surface area contributed by atoms with Gasteiger partial charge in [-0.15, -0.1) is 16.8 Å². The first-order chi connectivity index (χ1) is 13.7. The first-order valence-corrected chi connectivity index (χ1v) is 10.3. The van der Waals surface area contributed by atoms with Gasteiger partial charge in [-0.2, -0.15) is 0 Å². The number of amides is 1. The molecule has 7 heteroatoms. The number of rotatable bonds is 10. The highest BCUT2D eigenvalue weighted by atomic mass is 32.2. The van der Waals surface area contributed by atoms with E-state index in [1.54, 1.807) is 18.4 Å². The molecule has 2 aromatic heterocycles. The van der Waals surface area contributed by atoms with E-state index < -0.39 is 0 Å². The number of carbonyl (C=O) groups excluding carboxylic acids is 1. The van der Waals surface area contributed by atoms with Crippen LogP contribution in [0.2, 0.25) is 0 Å². The molecule has 28 heavy (non-hydrogen) atoms. The number of benzene rings is 1. The van der Waals surface area contributed by atoms with Crippen LogP contribution in [0.1, 0.15) is 31.4 Å². The molecule has 0 bridgehead atoms. The fourth-order valence-electron chi connectivity index (χ4n) is 2.94. The Morgan fingerprint density at radius 2 is 2.11 bits per heavy atom. The fraction of sp³-hybridized carbons (Fsp3) is 0.286. The third-order valence-electron chi connectivity index (χ3n) is 4.22. The van der Waals surface area contributed by atoms with E-state index in [-0.39, 0.29) is 17.7 Å². The minimum atomic E-state index is -0.0278. The number of aromatic nitrogens is 3. The summed E-state index contributed by atoms with van der Waals surface area (Å²) in [6.07, 6.45) is 5.26. The maximum atomic E-state index is 12.6. The Morgan fingerprint density at radius 3 is 2.79 bits per heavy atom. The number of thioether (sulfide) groups is 1. The van der Waals surface area contributed by atoms with Gasteiger partial charge < -0.3 is 9.73 Å².